The molecule has 1 saturated heterocycles. The van der Waals surface area contributed by atoms with Crippen molar-refractivity contribution in [1.82, 2.24) is 0 Å². The van der Waals surface area contributed by atoms with Crippen LogP contribution in [0.5, 0.6) is 11.5 Å². The summed E-state index contributed by atoms with van der Waals surface area (Å²) in [7, 11) is 3.02. The smallest absolute Gasteiger partial charge is 0.311 e. The van der Waals surface area contributed by atoms with Crippen LogP contribution < -0.4 is 14.4 Å². The zero-order valence-electron chi connectivity index (χ0n) is 16.9. The van der Waals surface area contributed by atoms with Gasteiger partial charge in [-0.3, -0.25) is 19.7 Å². The second kappa shape index (κ2) is 8.81. The van der Waals surface area contributed by atoms with E-state index in [0.717, 1.165) is 0 Å². The van der Waals surface area contributed by atoms with Gasteiger partial charge in [0.1, 0.15) is 17.6 Å². The van der Waals surface area contributed by atoms with Gasteiger partial charge in [-0.15, -0.1) is 0 Å². The number of anilines is 1. The van der Waals surface area contributed by atoms with Gasteiger partial charge in [-0.2, -0.15) is 0 Å². The summed E-state index contributed by atoms with van der Waals surface area (Å²) in [5.41, 5.74) is 0.977. The first-order valence-corrected chi connectivity index (χ1v) is 9.31. The third-order valence-electron chi connectivity index (χ3n) is 4.98. The van der Waals surface area contributed by atoms with Crippen molar-refractivity contribution in [2.45, 2.75) is 19.4 Å². The molecule has 2 aromatic carbocycles. The fraction of sp³-hybridized carbons (Fsp3) is 0.333. The Balaban J connectivity index is 1.71. The molecule has 0 radical (unpaired) electrons. The number of hydrogen-bond donors (Lipinski definition) is 0. The maximum absolute atomic E-state index is 12.6. The summed E-state index contributed by atoms with van der Waals surface area (Å²) in [4.78, 5) is 37.1. The average Bonchev–Trinajstić information content (AvgIpc) is 3.14. The van der Waals surface area contributed by atoms with E-state index in [1.165, 1.54) is 37.3 Å². The predicted molar refractivity (Wildman–Crippen MR) is 108 cm³/mol. The number of amides is 1. The molecule has 158 valence electrons. The summed E-state index contributed by atoms with van der Waals surface area (Å²) < 4.78 is 16.0. The molecule has 1 aliphatic rings. The van der Waals surface area contributed by atoms with Gasteiger partial charge in [0.25, 0.3) is 5.69 Å². The van der Waals surface area contributed by atoms with Gasteiger partial charge in [0.15, 0.2) is 0 Å². The number of nitro groups is 1. The van der Waals surface area contributed by atoms with Gasteiger partial charge in [0.2, 0.25) is 5.91 Å². The van der Waals surface area contributed by atoms with E-state index in [4.69, 9.17) is 14.2 Å². The minimum absolute atomic E-state index is 0.00960. The van der Waals surface area contributed by atoms with E-state index in [9.17, 15) is 19.7 Å². The average molecular weight is 414 g/mol. The first-order chi connectivity index (χ1) is 14.3. The number of ether oxygens (including phenoxy) is 3. The normalized spacial score (nSPS) is 16.8. The van der Waals surface area contributed by atoms with E-state index < -0.39 is 22.9 Å². The van der Waals surface area contributed by atoms with Crippen molar-refractivity contribution in [3.8, 4) is 11.5 Å². The quantitative estimate of drug-likeness (QED) is 0.389. The molecule has 2 atom stereocenters. The Morgan fingerprint density at radius 2 is 1.97 bits per heavy atom. The Morgan fingerprint density at radius 3 is 2.63 bits per heavy atom. The molecule has 3 rings (SSSR count). The first-order valence-electron chi connectivity index (χ1n) is 9.31. The topological polar surface area (TPSA) is 108 Å². The lowest BCUT2D eigenvalue weighted by molar-refractivity contribution is -0.385. The number of methoxy groups -OCH3 is 2. The zero-order chi connectivity index (χ0) is 21.8. The summed E-state index contributed by atoms with van der Waals surface area (Å²) in [6.07, 6.45) is -0.674. The van der Waals surface area contributed by atoms with Crippen LogP contribution in [0.15, 0.2) is 42.5 Å². The molecule has 9 nitrogen and oxygen atoms in total. The van der Waals surface area contributed by atoms with Gasteiger partial charge in [0.05, 0.1) is 30.7 Å². The Hall–Kier alpha value is -3.62. The molecule has 1 heterocycles. The monoisotopic (exact) mass is 414 g/mol. The van der Waals surface area contributed by atoms with Gasteiger partial charge >= 0.3 is 5.97 Å². The highest BCUT2D eigenvalue weighted by Gasteiger charge is 2.38. The molecule has 1 aliphatic heterocycles. The van der Waals surface area contributed by atoms with E-state index in [1.54, 1.807) is 31.2 Å². The fourth-order valence-electron chi connectivity index (χ4n) is 3.34. The molecule has 0 N–H and O–H groups in total. The lowest BCUT2D eigenvalue weighted by atomic mass is 10.1. The second-order valence-electron chi connectivity index (χ2n) is 6.87. The van der Waals surface area contributed by atoms with Crippen molar-refractivity contribution in [3.63, 3.8) is 0 Å². The summed E-state index contributed by atoms with van der Waals surface area (Å²) in [6.45, 7) is 1.79. The van der Waals surface area contributed by atoms with Gasteiger partial charge in [0, 0.05) is 31.2 Å². The standard InChI is InChI=1S/C21H22N2O7/c1-13(14-5-4-6-16(9-14)23(26)27)30-21(25)15-10-20(24)22(12-15)18-8-7-17(28-2)11-19(18)29-3/h4-9,11,13,15H,10,12H2,1-3H3/t13-,15-/m1/s1. The van der Waals surface area contributed by atoms with E-state index in [2.05, 4.69) is 0 Å². The third-order valence-corrected chi connectivity index (χ3v) is 4.98. The first kappa shape index (κ1) is 21.1. The lowest BCUT2D eigenvalue weighted by Gasteiger charge is -2.20. The van der Waals surface area contributed by atoms with Crippen LogP contribution >= 0.6 is 0 Å². The maximum Gasteiger partial charge on any atom is 0.311 e. The molecule has 30 heavy (non-hydrogen) atoms. The number of non-ortho nitro benzene ring substituents is 1. The van der Waals surface area contributed by atoms with E-state index in [0.29, 0.717) is 22.7 Å². The largest absolute Gasteiger partial charge is 0.497 e. The van der Waals surface area contributed by atoms with Gasteiger partial charge in [-0.25, -0.2) is 0 Å². The van der Waals surface area contributed by atoms with Gasteiger partial charge in [-0.05, 0) is 24.6 Å². The Morgan fingerprint density at radius 1 is 1.20 bits per heavy atom. The van der Waals surface area contributed by atoms with Crippen LogP contribution in [-0.4, -0.2) is 37.6 Å². The molecule has 0 saturated carbocycles. The molecule has 0 bridgehead atoms. The Labute approximate surface area is 173 Å². The van der Waals surface area contributed by atoms with E-state index >= 15 is 0 Å². The van der Waals surface area contributed by atoms with Crippen LogP contribution in [0.2, 0.25) is 0 Å². The number of rotatable bonds is 7. The molecule has 2 aromatic rings. The summed E-state index contributed by atoms with van der Waals surface area (Å²) in [5, 5.41) is 10.9. The number of nitrogens with zero attached hydrogens (tertiary/aromatic N) is 2. The molecule has 1 fully saturated rings. The molecule has 9 heteroatoms. The van der Waals surface area contributed by atoms with Crippen LogP contribution in [-0.2, 0) is 14.3 Å². The van der Waals surface area contributed by atoms with Crippen LogP contribution in [0, 0.1) is 16.0 Å². The van der Waals surface area contributed by atoms with Gasteiger partial charge in [-0.1, -0.05) is 12.1 Å². The number of carbonyl (C=O) groups is 2. The lowest BCUT2D eigenvalue weighted by Crippen LogP contribution is -2.27. The number of nitro benzene ring substituents is 1. The van der Waals surface area contributed by atoms with Crippen molar-refractivity contribution in [3.05, 3.63) is 58.1 Å². The van der Waals surface area contributed by atoms with Crippen LogP contribution in [0.1, 0.15) is 25.0 Å². The Kier molecular flexibility index (Phi) is 6.20. The number of carbonyl (C=O) groups excluding carboxylic acids is 2. The van der Waals surface area contributed by atoms with E-state index in [1.807, 2.05) is 0 Å². The number of hydrogen-bond acceptors (Lipinski definition) is 7. The van der Waals surface area contributed by atoms with Crippen molar-refractivity contribution in [2.75, 3.05) is 25.7 Å². The van der Waals surface area contributed by atoms with Crippen LogP contribution in [0.4, 0.5) is 11.4 Å². The molecule has 0 unspecified atom stereocenters. The minimum atomic E-state index is -0.683. The zero-order valence-corrected chi connectivity index (χ0v) is 16.9. The molecule has 0 spiro atoms. The molecule has 1 amide bonds. The van der Waals surface area contributed by atoms with E-state index in [-0.39, 0.29) is 24.6 Å². The van der Waals surface area contributed by atoms with Crippen molar-refractivity contribution < 1.29 is 28.7 Å². The highest BCUT2D eigenvalue weighted by atomic mass is 16.6. The van der Waals surface area contributed by atoms with Crippen LogP contribution in [0.25, 0.3) is 0 Å². The summed E-state index contributed by atoms with van der Waals surface area (Å²) >= 11 is 0. The summed E-state index contributed by atoms with van der Waals surface area (Å²) in [5.74, 6) is -0.350. The van der Waals surface area contributed by atoms with Crippen molar-refractivity contribution in [1.29, 1.82) is 0 Å². The maximum atomic E-state index is 12.6. The number of benzene rings is 2. The SMILES string of the molecule is COc1ccc(N2C[C@H](C(=O)O[C@H](C)c3cccc([N+](=O)[O-])c3)CC2=O)c(OC)c1. The van der Waals surface area contributed by atoms with Crippen LogP contribution in [0.3, 0.4) is 0 Å². The van der Waals surface area contributed by atoms with Crippen molar-refractivity contribution in [2.24, 2.45) is 5.92 Å². The highest BCUT2D eigenvalue weighted by molar-refractivity contribution is 6.00. The van der Waals surface area contributed by atoms with Gasteiger partial charge < -0.3 is 19.1 Å². The molecular weight excluding hydrogens is 392 g/mol. The number of esters is 1. The fourth-order valence-corrected chi connectivity index (χ4v) is 3.34. The van der Waals surface area contributed by atoms with Crippen molar-refractivity contribution >= 4 is 23.3 Å². The second-order valence-corrected chi connectivity index (χ2v) is 6.87. The summed E-state index contributed by atoms with van der Waals surface area (Å²) in [6, 6.07) is 11.0. The predicted octanol–water partition coefficient (Wildman–Crippen LogP) is 3.27. The molecular formula is C21H22N2O7. The Bertz CT molecular complexity index is 976. The third kappa shape index (κ3) is 4.35. The molecule has 0 aliphatic carbocycles. The molecule has 0 aromatic heterocycles. The minimum Gasteiger partial charge on any atom is -0.497 e. The highest BCUT2D eigenvalue weighted by Crippen LogP contribution is 2.36.